The van der Waals surface area contributed by atoms with Crippen LogP contribution in [-0.2, 0) is 0 Å². The van der Waals surface area contributed by atoms with Gasteiger partial charge in [-0.05, 0) is 18.6 Å². The fourth-order valence-electron chi connectivity index (χ4n) is 1.86. The molecule has 0 amide bonds. The number of aromatic amines is 1. The minimum absolute atomic E-state index is 0.107. The maximum Gasteiger partial charge on any atom is 0.168 e. The summed E-state index contributed by atoms with van der Waals surface area (Å²) in [5.41, 5.74) is 6.27. The molecule has 0 fully saturated rings. The molecule has 0 bridgehead atoms. The molecule has 0 aliphatic heterocycles. The smallest absolute Gasteiger partial charge is 0.168 e. The maximum atomic E-state index is 13.6. The van der Waals surface area contributed by atoms with Gasteiger partial charge in [-0.15, -0.1) is 0 Å². The Labute approximate surface area is 104 Å². The number of hydrogen-bond donors (Lipinski definition) is 2. The average molecular weight is 251 g/mol. The summed E-state index contributed by atoms with van der Waals surface area (Å²) in [5.74, 6) is -0.919. The Morgan fingerprint density at radius 3 is 2.83 bits per heavy atom. The predicted octanol–water partition coefficient (Wildman–Crippen LogP) is 2.81. The molecule has 96 valence electrons. The Bertz CT molecular complexity index is 533. The number of hydrogen-bond acceptors (Lipinski definition) is 2. The largest absolute Gasteiger partial charge is 0.342 e. The van der Waals surface area contributed by atoms with E-state index in [1.165, 1.54) is 18.3 Å². The lowest BCUT2D eigenvalue weighted by molar-refractivity contribution is 0.511. The number of nitrogens with zero attached hydrogens (tertiary/aromatic N) is 1. The third-order valence-corrected chi connectivity index (χ3v) is 3.00. The molecule has 0 radical (unpaired) electrons. The van der Waals surface area contributed by atoms with Crippen LogP contribution in [0.1, 0.15) is 25.1 Å². The van der Waals surface area contributed by atoms with Gasteiger partial charge in [0.15, 0.2) is 11.6 Å². The summed E-state index contributed by atoms with van der Waals surface area (Å²) in [6, 6.07) is 4.07. The highest BCUT2D eigenvalue weighted by Crippen LogP contribution is 2.24. The summed E-state index contributed by atoms with van der Waals surface area (Å²) in [6.45, 7) is 2.47. The molecule has 0 saturated heterocycles. The Morgan fingerprint density at radius 1 is 1.39 bits per heavy atom. The van der Waals surface area contributed by atoms with E-state index in [1.54, 1.807) is 0 Å². The van der Waals surface area contributed by atoms with E-state index in [-0.39, 0.29) is 11.5 Å². The first-order valence-electron chi connectivity index (χ1n) is 5.86. The molecule has 1 atom stereocenters. The number of rotatable bonds is 4. The topological polar surface area (TPSA) is 54.7 Å². The molecule has 0 aliphatic carbocycles. The van der Waals surface area contributed by atoms with Crippen molar-refractivity contribution in [3.05, 3.63) is 41.9 Å². The molecule has 2 rings (SSSR count). The molecule has 5 heteroatoms. The number of imidazole rings is 1. The summed E-state index contributed by atoms with van der Waals surface area (Å²) in [7, 11) is 0. The van der Waals surface area contributed by atoms with Gasteiger partial charge >= 0.3 is 0 Å². The number of H-pyrrole nitrogens is 1. The van der Waals surface area contributed by atoms with Crippen LogP contribution in [0.15, 0.2) is 24.4 Å². The third kappa shape index (κ3) is 2.26. The second-order valence-corrected chi connectivity index (χ2v) is 4.12. The zero-order chi connectivity index (χ0) is 13.1. The normalized spacial score (nSPS) is 12.7. The summed E-state index contributed by atoms with van der Waals surface area (Å²) < 4.78 is 26.7. The lowest BCUT2D eigenvalue weighted by Gasteiger charge is -2.08. The Kier molecular flexibility index (Phi) is 3.72. The molecule has 18 heavy (non-hydrogen) atoms. The van der Waals surface area contributed by atoms with Crippen molar-refractivity contribution < 1.29 is 8.78 Å². The van der Waals surface area contributed by atoms with Gasteiger partial charge in [0.25, 0.3) is 0 Å². The third-order valence-electron chi connectivity index (χ3n) is 3.00. The van der Waals surface area contributed by atoms with Crippen molar-refractivity contribution in [2.24, 2.45) is 5.73 Å². The molecule has 3 N–H and O–H groups in total. The highest BCUT2D eigenvalue weighted by Gasteiger charge is 2.15. The Balaban J connectivity index is 2.38. The SMILES string of the molecule is CCC(CN)c1ncc(-c2cccc(F)c2F)[nH]1. The van der Waals surface area contributed by atoms with E-state index in [9.17, 15) is 8.78 Å². The molecular formula is C13H15F2N3. The van der Waals surface area contributed by atoms with Gasteiger partial charge in [-0.1, -0.05) is 13.0 Å². The number of halogens is 2. The molecule has 0 saturated carbocycles. The molecule has 0 spiro atoms. The van der Waals surface area contributed by atoms with E-state index >= 15 is 0 Å². The Hall–Kier alpha value is -1.75. The number of aromatic nitrogens is 2. The van der Waals surface area contributed by atoms with Crippen LogP contribution in [0.25, 0.3) is 11.3 Å². The van der Waals surface area contributed by atoms with Crippen LogP contribution in [-0.4, -0.2) is 16.5 Å². The van der Waals surface area contributed by atoms with E-state index in [0.29, 0.717) is 18.1 Å². The first-order valence-corrected chi connectivity index (χ1v) is 5.86. The van der Waals surface area contributed by atoms with E-state index in [0.717, 1.165) is 12.5 Å². The molecule has 0 aliphatic rings. The van der Waals surface area contributed by atoms with Gasteiger partial charge in [0.2, 0.25) is 0 Å². The standard InChI is InChI=1S/C13H15F2N3/c1-2-8(6-16)13-17-7-11(18-13)9-4-3-5-10(14)12(9)15/h3-5,7-8H,2,6,16H2,1H3,(H,17,18). The van der Waals surface area contributed by atoms with Gasteiger partial charge in [-0.2, -0.15) is 0 Å². The fraction of sp³-hybridized carbons (Fsp3) is 0.308. The molecular weight excluding hydrogens is 236 g/mol. The van der Waals surface area contributed by atoms with E-state index in [2.05, 4.69) is 9.97 Å². The summed E-state index contributed by atoms with van der Waals surface area (Å²) in [6.07, 6.45) is 2.35. The lowest BCUT2D eigenvalue weighted by atomic mass is 10.1. The quantitative estimate of drug-likeness (QED) is 0.877. The molecule has 3 nitrogen and oxygen atoms in total. The van der Waals surface area contributed by atoms with Crippen LogP contribution in [0, 0.1) is 11.6 Å². The zero-order valence-corrected chi connectivity index (χ0v) is 10.1. The van der Waals surface area contributed by atoms with E-state index < -0.39 is 11.6 Å². The van der Waals surface area contributed by atoms with Gasteiger partial charge in [-0.25, -0.2) is 13.8 Å². The summed E-state index contributed by atoms with van der Waals surface area (Å²) >= 11 is 0. The van der Waals surface area contributed by atoms with Crippen molar-refractivity contribution in [3.63, 3.8) is 0 Å². The maximum absolute atomic E-state index is 13.6. The van der Waals surface area contributed by atoms with E-state index in [1.807, 2.05) is 6.92 Å². The summed E-state index contributed by atoms with van der Waals surface area (Å²) in [5, 5.41) is 0. The van der Waals surface area contributed by atoms with Crippen LogP contribution in [0.2, 0.25) is 0 Å². The second-order valence-electron chi connectivity index (χ2n) is 4.12. The first kappa shape index (κ1) is 12.7. The van der Waals surface area contributed by atoms with Crippen LogP contribution in [0.4, 0.5) is 8.78 Å². The van der Waals surface area contributed by atoms with Gasteiger partial charge in [0.1, 0.15) is 5.82 Å². The van der Waals surface area contributed by atoms with Crippen molar-refractivity contribution in [2.75, 3.05) is 6.54 Å². The molecule has 1 aromatic heterocycles. The molecule has 2 aromatic rings. The van der Waals surface area contributed by atoms with Crippen molar-refractivity contribution >= 4 is 0 Å². The number of benzene rings is 1. The summed E-state index contributed by atoms with van der Waals surface area (Å²) in [4.78, 5) is 7.18. The van der Waals surface area contributed by atoms with Gasteiger partial charge < -0.3 is 10.7 Å². The highest BCUT2D eigenvalue weighted by molar-refractivity contribution is 5.59. The van der Waals surface area contributed by atoms with Gasteiger partial charge in [0, 0.05) is 18.0 Å². The lowest BCUT2D eigenvalue weighted by Crippen LogP contribution is -2.12. The fourth-order valence-corrected chi connectivity index (χ4v) is 1.86. The molecule has 1 heterocycles. The van der Waals surface area contributed by atoms with Gasteiger partial charge in [0.05, 0.1) is 11.9 Å². The van der Waals surface area contributed by atoms with Crippen molar-refractivity contribution in [1.29, 1.82) is 0 Å². The van der Waals surface area contributed by atoms with Crippen molar-refractivity contribution in [1.82, 2.24) is 9.97 Å². The monoisotopic (exact) mass is 251 g/mol. The molecule has 1 aromatic carbocycles. The van der Waals surface area contributed by atoms with E-state index in [4.69, 9.17) is 5.73 Å². The minimum Gasteiger partial charge on any atom is -0.342 e. The highest BCUT2D eigenvalue weighted by atomic mass is 19.2. The van der Waals surface area contributed by atoms with Gasteiger partial charge in [-0.3, -0.25) is 0 Å². The minimum atomic E-state index is -0.867. The average Bonchev–Trinajstić information content (AvgIpc) is 2.84. The number of nitrogens with two attached hydrogens (primary N) is 1. The second kappa shape index (κ2) is 5.27. The molecule has 1 unspecified atom stereocenters. The van der Waals surface area contributed by atoms with Crippen LogP contribution in [0.3, 0.4) is 0 Å². The van der Waals surface area contributed by atoms with Crippen LogP contribution < -0.4 is 5.73 Å². The van der Waals surface area contributed by atoms with Crippen molar-refractivity contribution in [2.45, 2.75) is 19.3 Å². The van der Waals surface area contributed by atoms with Crippen LogP contribution in [0.5, 0.6) is 0 Å². The van der Waals surface area contributed by atoms with Crippen LogP contribution >= 0.6 is 0 Å². The Morgan fingerprint density at radius 2 is 2.17 bits per heavy atom. The van der Waals surface area contributed by atoms with Crippen molar-refractivity contribution in [3.8, 4) is 11.3 Å². The predicted molar refractivity (Wildman–Crippen MR) is 66.0 cm³/mol. The first-order chi connectivity index (χ1) is 8.67. The number of nitrogens with one attached hydrogen (secondary N) is 1. The zero-order valence-electron chi connectivity index (χ0n) is 10.1.